The summed E-state index contributed by atoms with van der Waals surface area (Å²) in [6.45, 7) is 1.19. The molecule has 0 saturated carbocycles. The fourth-order valence-electron chi connectivity index (χ4n) is 1.78. The Morgan fingerprint density at radius 2 is 2.00 bits per heavy atom. The minimum atomic E-state index is 0.128. The maximum Gasteiger partial charge on any atom is 0.222 e. The molecule has 0 atom stereocenters. The highest BCUT2D eigenvalue weighted by Crippen LogP contribution is 2.22. The van der Waals surface area contributed by atoms with Crippen LogP contribution >= 0.6 is 23.2 Å². The van der Waals surface area contributed by atoms with Crippen LogP contribution in [0, 0.1) is 0 Å². The van der Waals surface area contributed by atoms with Crippen molar-refractivity contribution in [3.63, 3.8) is 0 Å². The summed E-state index contributed by atoms with van der Waals surface area (Å²) in [5.74, 6) is 0.128. The zero-order valence-electron chi connectivity index (χ0n) is 11.2. The van der Waals surface area contributed by atoms with E-state index in [2.05, 4.69) is 0 Å². The Labute approximate surface area is 124 Å². The molecule has 2 N–H and O–H groups in total. The van der Waals surface area contributed by atoms with Gasteiger partial charge in [-0.05, 0) is 37.1 Å². The molecule has 19 heavy (non-hydrogen) atoms. The number of rotatable bonds is 7. The average molecular weight is 303 g/mol. The maximum atomic E-state index is 11.9. The molecule has 0 fully saturated rings. The summed E-state index contributed by atoms with van der Waals surface area (Å²) in [5, 5.41) is 1.19. The number of hydrogen-bond acceptors (Lipinski definition) is 2. The third-order valence-electron chi connectivity index (χ3n) is 2.94. The second-order valence-electron chi connectivity index (χ2n) is 4.58. The van der Waals surface area contributed by atoms with Crippen molar-refractivity contribution in [3.8, 4) is 0 Å². The molecule has 0 spiro atoms. The second kappa shape index (κ2) is 8.41. The summed E-state index contributed by atoms with van der Waals surface area (Å²) in [6, 6.07) is 5.32. The first-order valence-corrected chi connectivity index (χ1v) is 7.18. The number of nitrogens with two attached hydrogens (primary N) is 1. The van der Waals surface area contributed by atoms with Crippen LogP contribution in [0.5, 0.6) is 0 Å². The van der Waals surface area contributed by atoms with Gasteiger partial charge >= 0.3 is 0 Å². The second-order valence-corrected chi connectivity index (χ2v) is 5.43. The van der Waals surface area contributed by atoms with Gasteiger partial charge in [-0.3, -0.25) is 4.79 Å². The molecular formula is C14H20Cl2N2O. The van der Waals surface area contributed by atoms with Crippen molar-refractivity contribution < 1.29 is 4.79 Å². The van der Waals surface area contributed by atoms with E-state index in [1.807, 2.05) is 6.07 Å². The molecule has 0 heterocycles. The summed E-state index contributed by atoms with van der Waals surface area (Å²) in [6.07, 6.45) is 3.41. The van der Waals surface area contributed by atoms with Crippen LogP contribution in [-0.4, -0.2) is 24.4 Å². The number of hydrogen-bond donors (Lipinski definition) is 1. The molecule has 0 aliphatic carbocycles. The summed E-state index contributed by atoms with van der Waals surface area (Å²) >= 11 is 11.9. The molecule has 5 heteroatoms. The zero-order chi connectivity index (χ0) is 14.3. The molecule has 0 aromatic heterocycles. The van der Waals surface area contributed by atoms with Gasteiger partial charge in [-0.1, -0.05) is 35.7 Å². The molecule has 0 bridgehead atoms. The molecular weight excluding hydrogens is 283 g/mol. The lowest BCUT2D eigenvalue weighted by molar-refractivity contribution is -0.130. The molecule has 0 aliphatic heterocycles. The number of amides is 1. The Hall–Kier alpha value is -0.770. The summed E-state index contributed by atoms with van der Waals surface area (Å²) < 4.78 is 0. The van der Waals surface area contributed by atoms with Gasteiger partial charge in [0.15, 0.2) is 0 Å². The average Bonchev–Trinajstić information content (AvgIpc) is 2.37. The van der Waals surface area contributed by atoms with Crippen molar-refractivity contribution in [2.24, 2.45) is 5.73 Å². The number of carbonyl (C=O) groups is 1. The third-order valence-corrected chi connectivity index (χ3v) is 3.53. The first kappa shape index (κ1) is 16.3. The first-order valence-electron chi connectivity index (χ1n) is 6.42. The Bertz CT molecular complexity index is 424. The minimum absolute atomic E-state index is 0.128. The lowest BCUT2D eigenvalue weighted by Gasteiger charge is -2.18. The lowest BCUT2D eigenvalue weighted by Crippen LogP contribution is -2.26. The maximum absolute atomic E-state index is 11.9. The summed E-state index contributed by atoms with van der Waals surface area (Å²) in [5.41, 5.74) is 6.32. The van der Waals surface area contributed by atoms with E-state index in [0.29, 0.717) is 29.6 Å². The number of halogens is 2. The first-order chi connectivity index (χ1) is 9.04. The van der Waals surface area contributed by atoms with E-state index < -0.39 is 0 Å². The molecule has 0 radical (unpaired) electrons. The topological polar surface area (TPSA) is 46.3 Å². The predicted molar refractivity (Wildman–Crippen MR) is 80.5 cm³/mol. The quantitative estimate of drug-likeness (QED) is 0.784. The van der Waals surface area contributed by atoms with Gasteiger partial charge in [0, 0.05) is 30.1 Å². The van der Waals surface area contributed by atoms with Gasteiger partial charge in [0.2, 0.25) is 5.91 Å². The van der Waals surface area contributed by atoms with Crippen molar-refractivity contribution in [1.29, 1.82) is 0 Å². The molecule has 1 aromatic rings. The normalized spacial score (nSPS) is 10.5. The Morgan fingerprint density at radius 1 is 1.26 bits per heavy atom. The van der Waals surface area contributed by atoms with Crippen LogP contribution in [-0.2, 0) is 11.3 Å². The smallest absolute Gasteiger partial charge is 0.222 e. The third kappa shape index (κ3) is 5.81. The van der Waals surface area contributed by atoms with E-state index in [1.54, 1.807) is 24.1 Å². The van der Waals surface area contributed by atoms with E-state index in [9.17, 15) is 4.79 Å². The van der Waals surface area contributed by atoms with Crippen molar-refractivity contribution in [3.05, 3.63) is 33.8 Å². The molecule has 1 rings (SSSR count). The van der Waals surface area contributed by atoms with Gasteiger partial charge in [-0.2, -0.15) is 0 Å². The largest absolute Gasteiger partial charge is 0.341 e. The highest BCUT2D eigenvalue weighted by atomic mass is 35.5. The van der Waals surface area contributed by atoms with E-state index in [4.69, 9.17) is 28.9 Å². The molecule has 3 nitrogen and oxygen atoms in total. The summed E-state index contributed by atoms with van der Waals surface area (Å²) in [7, 11) is 1.79. The number of nitrogens with zero attached hydrogens (tertiary/aromatic N) is 1. The molecule has 0 aliphatic rings. The standard InChI is InChI=1S/C14H20Cl2N2O/c1-18(14(19)5-3-2-4-8-17)10-11-6-7-12(15)9-13(11)16/h6-7,9H,2-5,8,10,17H2,1H3. The highest BCUT2D eigenvalue weighted by Gasteiger charge is 2.10. The summed E-state index contributed by atoms with van der Waals surface area (Å²) in [4.78, 5) is 13.6. The van der Waals surface area contributed by atoms with Crippen molar-refractivity contribution >= 4 is 29.1 Å². The van der Waals surface area contributed by atoms with Gasteiger partial charge in [0.05, 0.1) is 0 Å². The van der Waals surface area contributed by atoms with E-state index in [1.165, 1.54) is 0 Å². The fourth-order valence-corrected chi connectivity index (χ4v) is 2.25. The zero-order valence-corrected chi connectivity index (χ0v) is 12.7. The number of unbranched alkanes of at least 4 members (excludes halogenated alkanes) is 2. The van der Waals surface area contributed by atoms with E-state index in [0.717, 1.165) is 24.8 Å². The Morgan fingerprint density at radius 3 is 2.63 bits per heavy atom. The number of benzene rings is 1. The van der Waals surface area contributed by atoms with Crippen LogP contribution < -0.4 is 5.73 Å². The molecule has 1 aromatic carbocycles. The predicted octanol–water partition coefficient (Wildman–Crippen LogP) is 3.47. The SMILES string of the molecule is CN(Cc1ccc(Cl)cc1Cl)C(=O)CCCCCN. The van der Waals surface area contributed by atoms with Gasteiger partial charge in [-0.15, -0.1) is 0 Å². The number of carbonyl (C=O) groups excluding carboxylic acids is 1. The van der Waals surface area contributed by atoms with E-state index >= 15 is 0 Å². The van der Waals surface area contributed by atoms with E-state index in [-0.39, 0.29) is 5.91 Å². The lowest BCUT2D eigenvalue weighted by atomic mass is 10.1. The van der Waals surface area contributed by atoms with Crippen LogP contribution in [0.25, 0.3) is 0 Å². The van der Waals surface area contributed by atoms with Gasteiger partial charge in [-0.25, -0.2) is 0 Å². The van der Waals surface area contributed by atoms with Crippen LogP contribution in [0.3, 0.4) is 0 Å². The van der Waals surface area contributed by atoms with Gasteiger partial charge < -0.3 is 10.6 Å². The molecule has 106 valence electrons. The molecule has 0 saturated heterocycles. The molecule has 1 amide bonds. The highest BCUT2D eigenvalue weighted by molar-refractivity contribution is 6.35. The van der Waals surface area contributed by atoms with Crippen molar-refractivity contribution in [1.82, 2.24) is 4.90 Å². The monoisotopic (exact) mass is 302 g/mol. The van der Waals surface area contributed by atoms with Gasteiger partial charge in [0.1, 0.15) is 0 Å². The fraction of sp³-hybridized carbons (Fsp3) is 0.500. The van der Waals surface area contributed by atoms with Crippen LogP contribution in [0.1, 0.15) is 31.2 Å². The Balaban J connectivity index is 2.45. The van der Waals surface area contributed by atoms with Crippen molar-refractivity contribution in [2.45, 2.75) is 32.2 Å². The van der Waals surface area contributed by atoms with Gasteiger partial charge in [0.25, 0.3) is 0 Å². The Kier molecular flexibility index (Phi) is 7.21. The van der Waals surface area contributed by atoms with Crippen LogP contribution in [0.4, 0.5) is 0 Å². The molecule has 0 unspecified atom stereocenters. The van der Waals surface area contributed by atoms with Crippen molar-refractivity contribution in [2.75, 3.05) is 13.6 Å². The van der Waals surface area contributed by atoms with Crippen LogP contribution in [0.15, 0.2) is 18.2 Å². The van der Waals surface area contributed by atoms with Crippen LogP contribution in [0.2, 0.25) is 10.0 Å². The minimum Gasteiger partial charge on any atom is -0.341 e.